The monoisotopic (exact) mass is 158 g/mol. The molecule has 1 aromatic carbocycles. The molecule has 0 amide bonds. The zero-order chi connectivity index (χ0) is 8.55. The number of hydrogen-bond acceptors (Lipinski definition) is 0. The molecule has 0 radical (unpaired) electrons. The second kappa shape index (κ2) is 2.78. The number of rotatable bonds is 1. The van der Waals surface area contributed by atoms with Crippen molar-refractivity contribution >= 4 is 6.08 Å². The molecule has 0 atom stereocenters. The molecule has 0 aliphatic heterocycles. The van der Waals surface area contributed by atoms with Gasteiger partial charge in [-0.2, -0.15) is 0 Å². The molecule has 0 nitrogen and oxygen atoms in total. The predicted molar refractivity (Wildman–Crippen MR) is 53.2 cm³/mol. The van der Waals surface area contributed by atoms with E-state index in [2.05, 4.69) is 38.1 Å². The van der Waals surface area contributed by atoms with Crippen LogP contribution in [0.4, 0.5) is 0 Å². The molecule has 62 valence electrons. The summed E-state index contributed by atoms with van der Waals surface area (Å²) in [7, 11) is 0. The van der Waals surface area contributed by atoms with Crippen molar-refractivity contribution in [3.05, 3.63) is 40.5 Å². The molecule has 0 heterocycles. The highest BCUT2D eigenvalue weighted by molar-refractivity contribution is 5.64. The minimum Gasteiger partial charge on any atom is -0.0655 e. The van der Waals surface area contributed by atoms with Gasteiger partial charge in [-0.1, -0.05) is 42.3 Å². The molecular formula is C12H14. The first kappa shape index (κ1) is 7.60. The lowest BCUT2D eigenvalue weighted by molar-refractivity contribution is 1.04. The van der Waals surface area contributed by atoms with Crippen LogP contribution in [0.2, 0.25) is 0 Å². The van der Waals surface area contributed by atoms with Gasteiger partial charge in [-0.25, -0.2) is 0 Å². The maximum Gasteiger partial charge on any atom is -0.00578 e. The topological polar surface area (TPSA) is 0 Å². The van der Waals surface area contributed by atoms with E-state index in [1.807, 2.05) is 0 Å². The Morgan fingerprint density at radius 1 is 1.33 bits per heavy atom. The van der Waals surface area contributed by atoms with Gasteiger partial charge in [0.15, 0.2) is 0 Å². The van der Waals surface area contributed by atoms with Crippen LogP contribution in [0.5, 0.6) is 0 Å². The molecule has 0 N–H and O–H groups in total. The Morgan fingerprint density at radius 3 is 2.92 bits per heavy atom. The van der Waals surface area contributed by atoms with Crippen molar-refractivity contribution in [3.8, 4) is 0 Å². The van der Waals surface area contributed by atoms with Crippen molar-refractivity contribution in [1.82, 2.24) is 0 Å². The largest absolute Gasteiger partial charge is 0.0655 e. The number of allylic oxidation sites excluding steroid dienone is 1. The average Bonchev–Trinajstić information content (AvgIpc) is 2.46. The van der Waals surface area contributed by atoms with Crippen LogP contribution in [0.3, 0.4) is 0 Å². The van der Waals surface area contributed by atoms with E-state index < -0.39 is 0 Å². The first-order chi connectivity index (χ1) is 5.79. The molecule has 0 aromatic heterocycles. The Hall–Kier alpha value is -1.04. The lowest BCUT2D eigenvalue weighted by atomic mass is 10.1. The Balaban J connectivity index is 2.40. The van der Waals surface area contributed by atoms with Crippen LogP contribution in [-0.4, -0.2) is 0 Å². The summed E-state index contributed by atoms with van der Waals surface area (Å²) in [5, 5.41) is 0. The van der Waals surface area contributed by atoms with Crippen LogP contribution >= 0.6 is 0 Å². The highest BCUT2D eigenvalue weighted by atomic mass is 14.1. The Labute approximate surface area is 73.9 Å². The fourth-order valence-corrected chi connectivity index (χ4v) is 1.77. The molecule has 1 aliphatic rings. The lowest BCUT2D eigenvalue weighted by Crippen LogP contribution is -1.84. The van der Waals surface area contributed by atoms with Crippen LogP contribution < -0.4 is 0 Å². The van der Waals surface area contributed by atoms with Crippen molar-refractivity contribution < 1.29 is 0 Å². The molecule has 0 bridgehead atoms. The van der Waals surface area contributed by atoms with Crippen LogP contribution in [-0.2, 0) is 6.42 Å². The van der Waals surface area contributed by atoms with E-state index in [4.69, 9.17) is 0 Å². The summed E-state index contributed by atoms with van der Waals surface area (Å²) in [5.41, 5.74) is 5.87. The van der Waals surface area contributed by atoms with Crippen molar-refractivity contribution in [2.45, 2.75) is 26.7 Å². The van der Waals surface area contributed by atoms with Gasteiger partial charge in [0.2, 0.25) is 0 Å². The lowest BCUT2D eigenvalue weighted by Gasteiger charge is -1.99. The second-order valence-electron chi connectivity index (χ2n) is 3.54. The summed E-state index contributed by atoms with van der Waals surface area (Å²) in [6.45, 7) is 4.38. The normalized spacial score (nSPS) is 14.3. The maximum absolute atomic E-state index is 2.33. The van der Waals surface area contributed by atoms with Gasteiger partial charge in [0, 0.05) is 0 Å². The van der Waals surface area contributed by atoms with Crippen molar-refractivity contribution in [1.29, 1.82) is 0 Å². The zero-order valence-electron chi connectivity index (χ0n) is 7.72. The highest BCUT2D eigenvalue weighted by Gasteiger charge is 2.10. The van der Waals surface area contributed by atoms with E-state index in [1.165, 1.54) is 29.5 Å². The van der Waals surface area contributed by atoms with Crippen molar-refractivity contribution in [2.75, 3.05) is 0 Å². The van der Waals surface area contributed by atoms with Gasteiger partial charge in [-0.15, -0.1) is 0 Å². The minimum atomic E-state index is 1.17. The van der Waals surface area contributed by atoms with Crippen LogP contribution in [0.15, 0.2) is 23.8 Å². The van der Waals surface area contributed by atoms with Crippen LogP contribution in [0, 0.1) is 6.92 Å². The van der Waals surface area contributed by atoms with Gasteiger partial charge in [-0.3, -0.25) is 0 Å². The third-order valence-corrected chi connectivity index (χ3v) is 2.53. The Kier molecular flexibility index (Phi) is 1.76. The van der Waals surface area contributed by atoms with E-state index in [-0.39, 0.29) is 0 Å². The number of fused-ring (bicyclic) bond motifs is 1. The van der Waals surface area contributed by atoms with Gasteiger partial charge in [0.05, 0.1) is 0 Å². The fraction of sp³-hybridized carbons (Fsp3) is 0.333. The first-order valence-corrected chi connectivity index (χ1v) is 4.58. The number of aryl methyl sites for hydroxylation is 1. The Bertz CT molecular complexity index is 332. The number of hydrogen-bond donors (Lipinski definition) is 0. The maximum atomic E-state index is 2.33. The smallest absolute Gasteiger partial charge is 0.00578 e. The molecular weight excluding hydrogens is 144 g/mol. The molecule has 2 rings (SSSR count). The zero-order valence-corrected chi connectivity index (χ0v) is 7.72. The summed E-state index contributed by atoms with van der Waals surface area (Å²) < 4.78 is 0. The molecule has 0 heteroatoms. The van der Waals surface area contributed by atoms with E-state index in [1.54, 1.807) is 5.57 Å². The van der Waals surface area contributed by atoms with Gasteiger partial charge < -0.3 is 0 Å². The molecule has 0 spiro atoms. The van der Waals surface area contributed by atoms with Gasteiger partial charge in [-0.05, 0) is 30.9 Å². The summed E-state index contributed by atoms with van der Waals surface area (Å²) in [4.78, 5) is 0. The average molecular weight is 158 g/mol. The van der Waals surface area contributed by atoms with Gasteiger partial charge in [0.1, 0.15) is 0 Å². The second-order valence-corrected chi connectivity index (χ2v) is 3.54. The molecule has 0 saturated heterocycles. The van der Waals surface area contributed by atoms with E-state index in [0.717, 1.165) is 0 Å². The molecule has 1 aromatic rings. The first-order valence-electron chi connectivity index (χ1n) is 4.58. The standard InChI is InChI=1S/C12H14/c1-3-10-7-11-5-4-9(2)6-12(11)8-10/h4-7H,3,8H2,1-2H3. The third kappa shape index (κ3) is 1.18. The molecule has 12 heavy (non-hydrogen) atoms. The molecule has 0 saturated carbocycles. The minimum absolute atomic E-state index is 1.17. The molecule has 0 unspecified atom stereocenters. The van der Waals surface area contributed by atoms with Gasteiger partial charge in [0.25, 0.3) is 0 Å². The third-order valence-electron chi connectivity index (χ3n) is 2.53. The SMILES string of the molecule is CCC1=Cc2ccc(C)cc2C1. The van der Waals surface area contributed by atoms with E-state index in [0.29, 0.717) is 0 Å². The van der Waals surface area contributed by atoms with Gasteiger partial charge >= 0.3 is 0 Å². The van der Waals surface area contributed by atoms with Crippen LogP contribution in [0.25, 0.3) is 6.08 Å². The summed E-state index contributed by atoms with van der Waals surface area (Å²) in [6, 6.07) is 6.72. The highest BCUT2D eigenvalue weighted by Crippen LogP contribution is 2.27. The molecule has 1 aliphatic carbocycles. The summed E-state index contributed by atoms with van der Waals surface area (Å²) in [6.07, 6.45) is 4.69. The van der Waals surface area contributed by atoms with Crippen LogP contribution in [0.1, 0.15) is 30.0 Å². The van der Waals surface area contributed by atoms with Crippen molar-refractivity contribution in [3.63, 3.8) is 0 Å². The fourth-order valence-electron chi connectivity index (χ4n) is 1.77. The van der Waals surface area contributed by atoms with E-state index in [9.17, 15) is 0 Å². The summed E-state index contributed by atoms with van der Waals surface area (Å²) in [5.74, 6) is 0. The summed E-state index contributed by atoms with van der Waals surface area (Å²) >= 11 is 0. The Morgan fingerprint density at radius 2 is 2.17 bits per heavy atom. The predicted octanol–water partition coefficient (Wildman–Crippen LogP) is 3.34. The quantitative estimate of drug-likeness (QED) is 0.588. The molecule has 0 fully saturated rings. The van der Waals surface area contributed by atoms with E-state index >= 15 is 0 Å². The van der Waals surface area contributed by atoms with Crippen molar-refractivity contribution in [2.24, 2.45) is 0 Å². The number of benzene rings is 1.